The lowest BCUT2D eigenvalue weighted by Crippen LogP contribution is -2.47. The zero-order chi connectivity index (χ0) is 14.8. The Kier molecular flexibility index (Phi) is 3.86. The van der Waals surface area contributed by atoms with Gasteiger partial charge in [0, 0.05) is 10.8 Å². The van der Waals surface area contributed by atoms with Gasteiger partial charge in [0.2, 0.25) is 0 Å². The second-order valence-electron chi connectivity index (χ2n) is 6.10. The van der Waals surface area contributed by atoms with Crippen LogP contribution in [0.1, 0.15) is 37.8 Å². The maximum absolute atomic E-state index is 6.07. The van der Waals surface area contributed by atoms with Crippen molar-refractivity contribution >= 4 is 0 Å². The molecule has 0 amide bonds. The second-order valence-corrected chi connectivity index (χ2v) is 6.10. The van der Waals surface area contributed by atoms with Gasteiger partial charge in [-0.05, 0) is 24.0 Å². The lowest BCUT2D eigenvalue weighted by atomic mass is 9.56. The van der Waals surface area contributed by atoms with Crippen LogP contribution in [0.4, 0.5) is 0 Å². The normalized spacial score (nSPS) is 28.7. The Morgan fingerprint density at radius 1 is 0.714 bits per heavy atom. The van der Waals surface area contributed by atoms with Crippen LogP contribution in [0.5, 0.6) is 0 Å². The van der Waals surface area contributed by atoms with Gasteiger partial charge < -0.3 is 4.74 Å². The molecule has 0 radical (unpaired) electrons. The van der Waals surface area contributed by atoms with Gasteiger partial charge in [-0.3, -0.25) is 0 Å². The maximum Gasteiger partial charge on any atom is 0.0572 e. The zero-order valence-corrected chi connectivity index (χ0v) is 13.0. The molecule has 1 fully saturated rings. The first-order valence-corrected chi connectivity index (χ1v) is 7.98. The third-order valence-corrected chi connectivity index (χ3v) is 5.47. The predicted molar refractivity (Wildman–Crippen MR) is 87.6 cm³/mol. The lowest BCUT2D eigenvalue weighted by molar-refractivity contribution is 0.171. The second kappa shape index (κ2) is 5.65. The highest BCUT2D eigenvalue weighted by Crippen LogP contribution is 2.53. The zero-order valence-electron chi connectivity index (χ0n) is 13.0. The molecule has 1 heterocycles. The van der Waals surface area contributed by atoms with Crippen LogP contribution in [0.25, 0.3) is 0 Å². The fourth-order valence-electron chi connectivity index (χ4n) is 4.20. The summed E-state index contributed by atoms with van der Waals surface area (Å²) in [4.78, 5) is 0. The van der Waals surface area contributed by atoms with Crippen molar-refractivity contribution < 1.29 is 4.74 Å². The molecule has 2 atom stereocenters. The average Bonchev–Trinajstić information content (AvgIpc) is 2.97. The Hall–Kier alpha value is -1.60. The molecule has 3 rings (SSSR count). The van der Waals surface area contributed by atoms with Crippen LogP contribution < -0.4 is 0 Å². The van der Waals surface area contributed by atoms with E-state index in [1.54, 1.807) is 0 Å². The van der Waals surface area contributed by atoms with E-state index in [4.69, 9.17) is 4.74 Å². The molecule has 1 saturated heterocycles. The van der Waals surface area contributed by atoms with Crippen LogP contribution in [-0.2, 0) is 15.6 Å². The molecule has 0 aliphatic carbocycles. The molecule has 1 nitrogen and oxygen atoms in total. The van der Waals surface area contributed by atoms with Crippen molar-refractivity contribution in [2.45, 2.75) is 37.5 Å². The summed E-state index contributed by atoms with van der Waals surface area (Å²) < 4.78 is 6.07. The van der Waals surface area contributed by atoms with E-state index in [0.29, 0.717) is 0 Å². The molecule has 21 heavy (non-hydrogen) atoms. The first-order valence-electron chi connectivity index (χ1n) is 7.98. The molecule has 1 heteroatoms. The third-order valence-electron chi connectivity index (χ3n) is 5.47. The van der Waals surface area contributed by atoms with E-state index >= 15 is 0 Å². The van der Waals surface area contributed by atoms with Gasteiger partial charge in [0.1, 0.15) is 0 Å². The van der Waals surface area contributed by atoms with Gasteiger partial charge in [-0.2, -0.15) is 0 Å². The highest BCUT2D eigenvalue weighted by atomic mass is 16.5. The summed E-state index contributed by atoms with van der Waals surface area (Å²) in [6.07, 6.45) is 2.19. The van der Waals surface area contributed by atoms with E-state index in [1.807, 2.05) is 0 Å². The summed E-state index contributed by atoms with van der Waals surface area (Å²) in [5.41, 5.74) is 2.97. The van der Waals surface area contributed by atoms with E-state index in [1.165, 1.54) is 11.1 Å². The summed E-state index contributed by atoms with van der Waals surface area (Å²) in [6, 6.07) is 21.9. The van der Waals surface area contributed by atoms with Gasteiger partial charge in [0.25, 0.3) is 0 Å². The smallest absolute Gasteiger partial charge is 0.0572 e. The van der Waals surface area contributed by atoms with Crippen molar-refractivity contribution in [1.29, 1.82) is 0 Å². The molecule has 110 valence electrons. The quantitative estimate of drug-likeness (QED) is 0.788. The molecule has 2 aromatic carbocycles. The minimum Gasteiger partial charge on any atom is -0.380 e. The molecule has 0 N–H and O–H groups in total. The maximum atomic E-state index is 6.07. The van der Waals surface area contributed by atoms with Crippen molar-refractivity contribution in [1.82, 2.24) is 0 Å². The van der Waals surface area contributed by atoms with Crippen LogP contribution in [0, 0.1) is 0 Å². The fraction of sp³-hybridized carbons (Fsp3) is 0.400. The number of ether oxygens (including phenoxy) is 1. The van der Waals surface area contributed by atoms with Crippen molar-refractivity contribution in [3.63, 3.8) is 0 Å². The van der Waals surface area contributed by atoms with Crippen molar-refractivity contribution in [3.05, 3.63) is 71.8 Å². The molecule has 1 aliphatic heterocycles. The van der Waals surface area contributed by atoms with Gasteiger partial charge in [0.05, 0.1) is 13.2 Å². The summed E-state index contributed by atoms with van der Waals surface area (Å²) in [5, 5.41) is 0. The SMILES string of the molecule is CCC1(c2ccccc2)COCC1(CC)c1ccccc1. The van der Waals surface area contributed by atoms with Crippen LogP contribution in [-0.4, -0.2) is 13.2 Å². The summed E-state index contributed by atoms with van der Waals surface area (Å²) in [7, 11) is 0. The van der Waals surface area contributed by atoms with E-state index < -0.39 is 0 Å². The largest absolute Gasteiger partial charge is 0.380 e. The average molecular weight is 280 g/mol. The predicted octanol–water partition coefficient (Wildman–Crippen LogP) is 4.71. The van der Waals surface area contributed by atoms with E-state index in [2.05, 4.69) is 74.5 Å². The first-order chi connectivity index (χ1) is 10.3. The lowest BCUT2D eigenvalue weighted by Gasteiger charge is -2.44. The molecule has 0 saturated carbocycles. The summed E-state index contributed by atoms with van der Waals surface area (Å²) in [5.74, 6) is 0. The van der Waals surface area contributed by atoms with Gasteiger partial charge in [-0.25, -0.2) is 0 Å². The van der Waals surface area contributed by atoms with E-state index in [0.717, 1.165) is 26.1 Å². The molecule has 2 aromatic rings. The van der Waals surface area contributed by atoms with Crippen molar-refractivity contribution in [2.75, 3.05) is 13.2 Å². The molecule has 0 spiro atoms. The van der Waals surface area contributed by atoms with Crippen LogP contribution in [0.15, 0.2) is 60.7 Å². The van der Waals surface area contributed by atoms with Crippen molar-refractivity contribution in [3.8, 4) is 0 Å². The highest BCUT2D eigenvalue weighted by molar-refractivity contribution is 5.41. The number of hydrogen-bond donors (Lipinski definition) is 0. The van der Waals surface area contributed by atoms with Crippen LogP contribution >= 0.6 is 0 Å². The Morgan fingerprint density at radius 2 is 1.10 bits per heavy atom. The minimum absolute atomic E-state index is 0.0738. The summed E-state index contributed by atoms with van der Waals surface area (Å²) in [6.45, 7) is 6.23. The highest BCUT2D eigenvalue weighted by Gasteiger charge is 2.55. The molecule has 1 aliphatic rings. The minimum atomic E-state index is 0.0738. The summed E-state index contributed by atoms with van der Waals surface area (Å²) >= 11 is 0. The molecule has 0 aromatic heterocycles. The Morgan fingerprint density at radius 3 is 1.43 bits per heavy atom. The van der Waals surface area contributed by atoms with Gasteiger partial charge in [-0.1, -0.05) is 74.5 Å². The molecular weight excluding hydrogens is 256 g/mol. The number of benzene rings is 2. The van der Waals surface area contributed by atoms with Gasteiger partial charge in [0.15, 0.2) is 0 Å². The Balaban J connectivity index is 2.19. The molecular formula is C20H24O. The van der Waals surface area contributed by atoms with E-state index in [9.17, 15) is 0 Å². The molecule has 2 unspecified atom stereocenters. The third kappa shape index (κ3) is 2.03. The fourth-order valence-corrected chi connectivity index (χ4v) is 4.20. The van der Waals surface area contributed by atoms with Gasteiger partial charge >= 0.3 is 0 Å². The first kappa shape index (κ1) is 14.3. The van der Waals surface area contributed by atoms with Crippen LogP contribution in [0.3, 0.4) is 0 Å². The van der Waals surface area contributed by atoms with Gasteiger partial charge in [-0.15, -0.1) is 0 Å². The Labute approximate surface area is 128 Å². The van der Waals surface area contributed by atoms with Crippen molar-refractivity contribution in [2.24, 2.45) is 0 Å². The monoisotopic (exact) mass is 280 g/mol. The molecule has 0 bridgehead atoms. The van der Waals surface area contributed by atoms with Crippen LogP contribution in [0.2, 0.25) is 0 Å². The number of hydrogen-bond acceptors (Lipinski definition) is 1. The standard InChI is InChI=1S/C20H24O/c1-3-19(17-11-7-5-8-12-17)15-21-16-20(19,4-2)18-13-9-6-10-14-18/h5-14H,3-4,15-16H2,1-2H3. The topological polar surface area (TPSA) is 9.23 Å². The number of rotatable bonds is 4. The Bertz CT molecular complexity index is 524. The van der Waals surface area contributed by atoms with E-state index in [-0.39, 0.29) is 10.8 Å².